The smallest absolute Gasteiger partial charge is 0.161 e. The second kappa shape index (κ2) is 4.47. The molecular formula is C6H13NO2. The van der Waals surface area contributed by atoms with Crippen LogP contribution in [0, 0.1) is 0 Å². The van der Waals surface area contributed by atoms with Gasteiger partial charge in [0.25, 0.3) is 0 Å². The monoisotopic (exact) mass is 131 g/mol. The minimum absolute atomic E-state index is 0.125. The maximum atomic E-state index is 10.6. The molecule has 0 aliphatic carbocycles. The molecule has 54 valence electrons. The second-order valence-electron chi connectivity index (χ2n) is 1.91. The molecule has 0 aromatic carbocycles. The van der Waals surface area contributed by atoms with Gasteiger partial charge in [0, 0.05) is 6.42 Å². The molecular weight excluding hydrogens is 118 g/mol. The molecule has 0 aromatic heterocycles. The normalized spacial score (nSPS) is 13.2. The molecule has 0 unspecified atom stereocenters. The van der Waals surface area contributed by atoms with Gasteiger partial charge in [0.2, 0.25) is 0 Å². The lowest BCUT2D eigenvalue weighted by molar-refractivity contribution is -0.126. The Bertz CT molecular complexity index is 93.1. The van der Waals surface area contributed by atoms with Crippen LogP contribution in [0.4, 0.5) is 0 Å². The van der Waals surface area contributed by atoms with E-state index in [2.05, 4.69) is 0 Å². The van der Waals surface area contributed by atoms with Crippen molar-refractivity contribution in [3.8, 4) is 0 Å². The summed E-state index contributed by atoms with van der Waals surface area (Å²) >= 11 is 0. The van der Waals surface area contributed by atoms with Crippen molar-refractivity contribution in [2.24, 2.45) is 5.73 Å². The number of carbonyl (C=O) groups excluding carboxylic acids is 1. The van der Waals surface area contributed by atoms with Crippen LogP contribution in [0.2, 0.25) is 0 Å². The van der Waals surface area contributed by atoms with E-state index in [-0.39, 0.29) is 5.78 Å². The molecule has 1 atom stereocenters. The average molecular weight is 131 g/mol. The molecule has 0 fully saturated rings. The fourth-order valence-electron chi connectivity index (χ4n) is 0.554. The van der Waals surface area contributed by atoms with Gasteiger partial charge in [-0.25, -0.2) is 0 Å². The molecule has 0 radical (unpaired) electrons. The summed E-state index contributed by atoms with van der Waals surface area (Å²) < 4.78 is 0. The topological polar surface area (TPSA) is 63.3 Å². The Kier molecular flexibility index (Phi) is 4.26. The van der Waals surface area contributed by atoms with E-state index in [1.165, 1.54) is 0 Å². The van der Waals surface area contributed by atoms with Gasteiger partial charge in [-0.1, -0.05) is 6.92 Å². The summed E-state index contributed by atoms with van der Waals surface area (Å²) in [5.74, 6) is -0.125. The van der Waals surface area contributed by atoms with Crippen molar-refractivity contribution >= 4 is 5.78 Å². The average Bonchev–Trinajstić information content (AvgIpc) is 1.87. The van der Waals surface area contributed by atoms with Crippen LogP contribution < -0.4 is 5.73 Å². The lowest BCUT2D eigenvalue weighted by atomic mass is 10.1. The SMILES string of the molecule is CCC(=O)[C@@H](O)CCN. The second-order valence-corrected chi connectivity index (χ2v) is 1.91. The Hall–Kier alpha value is -0.410. The predicted molar refractivity (Wildman–Crippen MR) is 35.0 cm³/mol. The molecule has 0 bridgehead atoms. The first-order valence-corrected chi connectivity index (χ1v) is 3.13. The molecule has 0 amide bonds. The maximum absolute atomic E-state index is 10.6. The van der Waals surface area contributed by atoms with Crippen LogP contribution in [-0.2, 0) is 4.79 Å². The number of aliphatic hydroxyl groups is 1. The van der Waals surface area contributed by atoms with Crippen molar-refractivity contribution in [3.63, 3.8) is 0 Å². The van der Waals surface area contributed by atoms with E-state index in [9.17, 15) is 4.79 Å². The number of Topliss-reactive ketones (excluding diaryl/α,β-unsaturated/α-hetero) is 1. The van der Waals surface area contributed by atoms with E-state index in [1.807, 2.05) is 0 Å². The highest BCUT2D eigenvalue weighted by atomic mass is 16.3. The van der Waals surface area contributed by atoms with Gasteiger partial charge in [0.15, 0.2) is 5.78 Å². The molecule has 0 aromatic rings. The zero-order valence-corrected chi connectivity index (χ0v) is 5.63. The van der Waals surface area contributed by atoms with Crippen molar-refractivity contribution in [1.82, 2.24) is 0 Å². The molecule has 0 aliphatic heterocycles. The number of nitrogens with two attached hydrogens (primary N) is 1. The summed E-state index contributed by atoms with van der Waals surface area (Å²) in [6, 6.07) is 0. The maximum Gasteiger partial charge on any atom is 0.161 e. The Labute approximate surface area is 54.9 Å². The lowest BCUT2D eigenvalue weighted by Crippen LogP contribution is -2.22. The number of hydrogen-bond acceptors (Lipinski definition) is 3. The van der Waals surface area contributed by atoms with Gasteiger partial charge < -0.3 is 10.8 Å². The quantitative estimate of drug-likeness (QED) is 0.549. The first kappa shape index (κ1) is 8.59. The molecule has 9 heavy (non-hydrogen) atoms. The van der Waals surface area contributed by atoms with E-state index in [1.54, 1.807) is 6.92 Å². The summed E-state index contributed by atoms with van der Waals surface area (Å²) in [5.41, 5.74) is 5.11. The van der Waals surface area contributed by atoms with Crippen molar-refractivity contribution < 1.29 is 9.90 Å². The van der Waals surface area contributed by atoms with Gasteiger partial charge in [-0.2, -0.15) is 0 Å². The number of carbonyl (C=O) groups is 1. The van der Waals surface area contributed by atoms with Crippen LogP contribution in [0.15, 0.2) is 0 Å². The fourth-order valence-corrected chi connectivity index (χ4v) is 0.554. The minimum Gasteiger partial charge on any atom is -0.385 e. The van der Waals surface area contributed by atoms with E-state index >= 15 is 0 Å². The van der Waals surface area contributed by atoms with Crippen LogP contribution in [-0.4, -0.2) is 23.5 Å². The predicted octanol–water partition coefficient (Wildman–Crippen LogP) is -0.325. The van der Waals surface area contributed by atoms with E-state index in [0.717, 1.165) is 0 Å². The molecule has 3 nitrogen and oxygen atoms in total. The van der Waals surface area contributed by atoms with Gasteiger partial charge in [0.05, 0.1) is 0 Å². The molecule has 0 heterocycles. The fraction of sp³-hybridized carbons (Fsp3) is 0.833. The number of aliphatic hydroxyl groups excluding tert-OH is 1. The van der Waals surface area contributed by atoms with E-state index in [4.69, 9.17) is 10.8 Å². The highest BCUT2D eigenvalue weighted by Gasteiger charge is 2.09. The van der Waals surface area contributed by atoms with E-state index < -0.39 is 6.10 Å². The molecule has 0 saturated heterocycles. The summed E-state index contributed by atoms with van der Waals surface area (Å²) in [4.78, 5) is 10.6. The summed E-state index contributed by atoms with van der Waals surface area (Å²) in [5, 5.41) is 8.89. The Morgan fingerprint density at radius 3 is 2.67 bits per heavy atom. The van der Waals surface area contributed by atoms with E-state index in [0.29, 0.717) is 19.4 Å². The van der Waals surface area contributed by atoms with Crippen molar-refractivity contribution in [2.75, 3.05) is 6.54 Å². The van der Waals surface area contributed by atoms with Crippen molar-refractivity contribution in [1.29, 1.82) is 0 Å². The minimum atomic E-state index is -0.833. The third kappa shape index (κ3) is 3.21. The molecule has 3 N–H and O–H groups in total. The van der Waals surface area contributed by atoms with Gasteiger partial charge in [-0.3, -0.25) is 4.79 Å². The lowest BCUT2D eigenvalue weighted by Gasteiger charge is -2.03. The Morgan fingerprint density at radius 2 is 2.33 bits per heavy atom. The van der Waals surface area contributed by atoms with Crippen LogP contribution in [0.3, 0.4) is 0 Å². The van der Waals surface area contributed by atoms with Crippen molar-refractivity contribution in [2.45, 2.75) is 25.9 Å². The van der Waals surface area contributed by atoms with Crippen LogP contribution in [0.25, 0.3) is 0 Å². The third-order valence-electron chi connectivity index (χ3n) is 1.16. The van der Waals surface area contributed by atoms with Gasteiger partial charge in [0.1, 0.15) is 6.10 Å². The largest absolute Gasteiger partial charge is 0.385 e. The first-order chi connectivity index (χ1) is 4.22. The highest BCUT2D eigenvalue weighted by Crippen LogP contribution is 1.93. The van der Waals surface area contributed by atoms with Crippen LogP contribution in [0.5, 0.6) is 0 Å². The van der Waals surface area contributed by atoms with Crippen LogP contribution >= 0.6 is 0 Å². The number of hydrogen-bond donors (Lipinski definition) is 2. The highest BCUT2D eigenvalue weighted by molar-refractivity contribution is 5.82. The standard InChI is InChI=1S/C6H13NO2/c1-2-5(8)6(9)3-4-7/h6,9H,2-4,7H2,1H3/t6-/m0/s1. The van der Waals surface area contributed by atoms with Gasteiger partial charge in [-0.15, -0.1) is 0 Å². The molecule has 0 spiro atoms. The number of rotatable bonds is 4. The molecule has 3 heteroatoms. The summed E-state index contributed by atoms with van der Waals surface area (Å²) in [6.45, 7) is 2.09. The Morgan fingerprint density at radius 1 is 1.78 bits per heavy atom. The third-order valence-corrected chi connectivity index (χ3v) is 1.16. The molecule has 0 saturated carbocycles. The van der Waals surface area contributed by atoms with Crippen LogP contribution in [0.1, 0.15) is 19.8 Å². The first-order valence-electron chi connectivity index (χ1n) is 3.13. The number of ketones is 1. The van der Waals surface area contributed by atoms with Gasteiger partial charge in [-0.05, 0) is 13.0 Å². The zero-order chi connectivity index (χ0) is 7.28. The van der Waals surface area contributed by atoms with Crippen molar-refractivity contribution in [3.05, 3.63) is 0 Å². The summed E-state index contributed by atoms with van der Waals surface area (Å²) in [6.07, 6.45) is -0.0617. The molecule has 0 rings (SSSR count). The Balaban J connectivity index is 3.45. The van der Waals surface area contributed by atoms with Gasteiger partial charge >= 0.3 is 0 Å². The summed E-state index contributed by atoms with van der Waals surface area (Å²) in [7, 11) is 0. The molecule has 0 aliphatic rings. The zero-order valence-electron chi connectivity index (χ0n) is 5.63.